The minimum atomic E-state index is -0.905. The van der Waals surface area contributed by atoms with E-state index in [2.05, 4.69) is 15.4 Å². The number of aromatic nitrogens is 3. The highest BCUT2D eigenvalue weighted by Gasteiger charge is 2.33. The van der Waals surface area contributed by atoms with Crippen molar-refractivity contribution in [2.24, 2.45) is 5.92 Å². The van der Waals surface area contributed by atoms with Crippen molar-refractivity contribution in [1.29, 1.82) is 0 Å². The smallest absolute Gasteiger partial charge is 0.308 e. The quantitative estimate of drug-likeness (QED) is 0.838. The van der Waals surface area contributed by atoms with Crippen molar-refractivity contribution >= 4 is 17.6 Å². The summed E-state index contributed by atoms with van der Waals surface area (Å²) >= 11 is 0. The lowest BCUT2D eigenvalue weighted by atomic mass is 9.92. The number of carbonyl (C=O) groups excluding carboxylic acids is 1. The summed E-state index contributed by atoms with van der Waals surface area (Å²) in [6, 6.07) is 7.31. The van der Waals surface area contributed by atoms with Gasteiger partial charge in [0.25, 0.3) is 5.91 Å². The average Bonchev–Trinajstić information content (AvgIpc) is 2.99. The Hall–Kier alpha value is -2.70. The minimum Gasteiger partial charge on any atom is -0.481 e. The van der Waals surface area contributed by atoms with Crippen molar-refractivity contribution in [3.8, 4) is 0 Å². The van der Waals surface area contributed by atoms with Gasteiger partial charge in [-0.05, 0) is 18.1 Å². The van der Waals surface area contributed by atoms with E-state index in [4.69, 9.17) is 0 Å². The molecule has 0 fully saturated rings. The van der Waals surface area contributed by atoms with Crippen LogP contribution in [-0.2, 0) is 11.2 Å². The van der Waals surface area contributed by atoms with Gasteiger partial charge >= 0.3 is 5.97 Å². The van der Waals surface area contributed by atoms with E-state index in [-0.39, 0.29) is 18.1 Å². The summed E-state index contributed by atoms with van der Waals surface area (Å²) in [5, 5.41) is 19.0. The van der Waals surface area contributed by atoms with E-state index >= 15 is 0 Å². The van der Waals surface area contributed by atoms with Crippen molar-refractivity contribution in [1.82, 2.24) is 15.4 Å². The van der Waals surface area contributed by atoms with Gasteiger partial charge in [-0.15, -0.1) is 0 Å². The molecule has 1 unspecified atom stereocenters. The highest BCUT2D eigenvalue weighted by atomic mass is 16.4. The first kappa shape index (κ1) is 12.3. The van der Waals surface area contributed by atoms with E-state index in [0.29, 0.717) is 6.42 Å². The Morgan fingerprint density at radius 2 is 2.15 bits per heavy atom. The van der Waals surface area contributed by atoms with Gasteiger partial charge < -0.3 is 10.0 Å². The Labute approximate surface area is 114 Å². The molecule has 20 heavy (non-hydrogen) atoms. The molecule has 2 heterocycles. The van der Waals surface area contributed by atoms with Crippen molar-refractivity contribution in [2.45, 2.75) is 6.42 Å². The number of fused-ring (bicyclic) bond motifs is 1. The number of nitrogens with zero attached hydrogens (tertiary/aromatic N) is 3. The predicted octanol–water partition coefficient (Wildman–Crippen LogP) is 0.708. The van der Waals surface area contributed by atoms with Gasteiger partial charge in [-0.3, -0.25) is 9.59 Å². The number of hydrogen-bond donors (Lipinski definition) is 2. The first-order valence-corrected chi connectivity index (χ1v) is 6.15. The lowest BCUT2D eigenvalue weighted by Crippen LogP contribution is -2.42. The molecular weight excluding hydrogens is 260 g/mol. The number of anilines is 1. The topological polar surface area (TPSA) is 99.2 Å². The molecule has 0 spiro atoms. The zero-order valence-corrected chi connectivity index (χ0v) is 10.5. The molecule has 1 aliphatic heterocycles. The summed E-state index contributed by atoms with van der Waals surface area (Å²) in [4.78, 5) is 25.1. The standard InChI is InChI=1S/C13H12N4O3/c18-12(10-6-14-16-15-10)17-7-9(13(19)20)5-8-3-1-2-4-11(8)17/h1-4,6,9H,5,7H2,(H,19,20)(H,14,15,16). The summed E-state index contributed by atoms with van der Waals surface area (Å²) in [6.45, 7) is 0.137. The molecule has 0 saturated heterocycles. The number of para-hydroxylation sites is 1. The van der Waals surface area contributed by atoms with Crippen LogP contribution in [0.15, 0.2) is 30.5 Å². The van der Waals surface area contributed by atoms with Crippen LogP contribution in [0.3, 0.4) is 0 Å². The highest BCUT2D eigenvalue weighted by molar-refractivity contribution is 6.05. The summed E-state index contributed by atoms with van der Waals surface area (Å²) in [5.74, 6) is -1.87. The fraction of sp³-hybridized carbons (Fsp3) is 0.231. The number of H-pyrrole nitrogens is 1. The number of carboxylic acid groups (broad SMARTS) is 1. The summed E-state index contributed by atoms with van der Waals surface area (Å²) in [7, 11) is 0. The van der Waals surface area contributed by atoms with Crippen LogP contribution < -0.4 is 4.90 Å². The van der Waals surface area contributed by atoms with E-state index < -0.39 is 11.9 Å². The lowest BCUT2D eigenvalue weighted by molar-refractivity contribution is -0.141. The van der Waals surface area contributed by atoms with Crippen molar-refractivity contribution < 1.29 is 14.7 Å². The summed E-state index contributed by atoms with van der Waals surface area (Å²) < 4.78 is 0. The molecule has 1 aliphatic rings. The maximum atomic E-state index is 12.4. The largest absolute Gasteiger partial charge is 0.481 e. The SMILES string of the molecule is O=C(O)C1Cc2ccccc2N(C(=O)c2cn[nH]n2)C1. The number of carbonyl (C=O) groups is 2. The van der Waals surface area contributed by atoms with Gasteiger partial charge in [0.1, 0.15) is 0 Å². The van der Waals surface area contributed by atoms with Crippen LogP contribution in [0.1, 0.15) is 16.1 Å². The Morgan fingerprint density at radius 3 is 2.85 bits per heavy atom. The van der Waals surface area contributed by atoms with Crippen LogP contribution in [0.4, 0.5) is 5.69 Å². The molecule has 1 atom stereocenters. The lowest BCUT2D eigenvalue weighted by Gasteiger charge is -2.32. The van der Waals surface area contributed by atoms with Crippen LogP contribution in [0, 0.1) is 5.92 Å². The van der Waals surface area contributed by atoms with Crippen molar-refractivity contribution in [3.63, 3.8) is 0 Å². The molecule has 1 aromatic carbocycles. The fourth-order valence-corrected chi connectivity index (χ4v) is 2.40. The van der Waals surface area contributed by atoms with E-state index in [9.17, 15) is 14.7 Å². The minimum absolute atomic E-state index is 0.137. The summed E-state index contributed by atoms with van der Waals surface area (Å²) in [6.07, 6.45) is 1.75. The Kier molecular flexibility index (Phi) is 2.94. The normalized spacial score (nSPS) is 17.6. The number of amides is 1. The first-order valence-electron chi connectivity index (χ1n) is 6.15. The Morgan fingerprint density at radius 1 is 1.35 bits per heavy atom. The van der Waals surface area contributed by atoms with Crippen LogP contribution in [-0.4, -0.2) is 38.9 Å². The monoisotopic (exact) mass is 272 g/mol. The fourth-order valence-electron chi connectivity index (χ4n) is 2.40. The molecule has 7 nitrogen and oxygen atoms in total. The van der Waals surface area contributed by atoms with Crippen LogP contribution in [0.25, 0.3) is 0 Å². The van der Waals surface area contributed by atoms with Gasteiger partial charge in [-0.2, -0.15) is 15.4 Å². The van der Waals surface area contributed by atoms with Crippen molar-refractivity contribution in [2.75, 3.05) is 11.4 Å². The van der Waals surface area contributed by atoms with Gasteiger partial charge in [0.2, 0.25) is 0 Å². The third kappa shape index (κ3) is 2.03. The van der Waals surface area contributed by atoms with Gasteiger partial charge in [0, 0.05) is 12.2 Å². The number of aromatic amines is 1. The van der Waals surface area contributed by atoms with Crippen molar-refractivity contribution in [3.05, 3.63) is 41.7 Å². The molecule has 7 heteroatoms. The number of nitrogens with one attached hydrogen (secondary N) is 1. The third-order valence-corrected chi connectivity index (χ3v) is 3.38. The second kappa shape index (κ2) is 4.76. The van der Waals surface area contributed by atoms with Gasteiger partial charge in [-0.25, -0.2) is 0 Å². The molecule has 0 aliphatic carbocycles. The molecule has 3 rings (SSSR count). The molecular formula is C13H12N4O3. The summed E-state index contributed by atoms with van der Waals surface area (Å²) in [5.41, 5.74) is 1.76. The molecule has 0 bridgehead atoms. The zero-order valence-electron chi connectivity index (χ0n) is 10.5. The maximum Gasteiger partial charge on any atom is 0.308 e. The third-order valence-electron chi connectivity index (χ3n) is 3.38. The van der Waals surface area contributed by atoms with Gasteiger partial charge in [0.15, 0.2) is 5.69 Å². The Balaban J connectivity index is 2.01. The molecule has 1 aromatic heterocycles. The number of aliphatic carboxylic acids is 1. The molecule has 0 saturated carbocycles. The number of rotatable bonds is 2. The number of carboxylic acids is 1. The van der Waals surface area contributed by atoms with Crippen LogP contribution in [0.2, 0.25) is 0 Å². The molecule has 0 radical (unpaired) electrons. The molecule has 2 aromatic rings. The zero-order chi connectivity index (χ0) is 14.1. The van der Waals surface area contributed by atoms with Crippen LogP contribution in [0.5, 0.6) is 0 Å². The van der Waals surface area contributed by atoms with E-state index in [1.54, 1.807) is 0 Å². The Bertz CT molecular complexity index is 653. The van der Waals surface area contributed by atoms with Gasteiger partial charge in [0.05, 0.1) is 12.1 Å². The molecule has 102 valence electrons. The number of benzene rings is 1. The first-order chi connectivity index (χ1) is 9.66. The van der Waals surface area contributed by atoms with E-state index in [1.807, 2.05) is 24.3 Å². The second-order valence-corrected chi connectivity index (χ2v) is 4.64. The predicted molar refractivity (Wildman–Crippen MR) is 69.3 cm³/mol. The second-order valence-electron chi connectivity index (χ2n) is 4.64. The highest BCUT2D eigenvalue weighted by Crippen LogP contribution is 2.30. The van der Waals surface area contributed by atoms with Gasteiger partial charge in [-0.1, -0.05) is 18.2 Å². The van der Waals surface area contributed by atoms with E-state index in [1.165, 1.54) is 11.1 Å². The molecule has 1 amide bonds. The average molecular weight is 272 g/mol. The van der Waals surface area contributed by atoms with Crippen LogP contribution >= 0.6 is 0 Å². The van der Waals surface area contributed by atoms with E-state index in [0.717, 1.165) is 11.3 Å². The number of hydrogen-bond acceptors (Lipinski definition) is 4. The molecule has 2 N–H and O–H groups in total. The maximum absolute atomic E-state index is 12.4.